The van der Waals surface area contributed by atoms with Gasteiger partial charge in [-0.3, -0.25) is 14.9 Å². The summed E-state index contributed by atoms with van der Waals surface area (Å²) in [6, 6.07) is 9.48. The summed E-state index contributed by atoms with van der Waals surface area (Å²) in [5.74, 6) is -2.04. The van der Waals surface area contributed by atoms with Crippen molar-refractivity contribution in [3.63, 3.8) is 0 Å². The van der Waals surface area contributed by atoms with Crippen molar-refractivity contribution in [1.29, 1.82) is 0 Å². The minimum atomic E-state index is -3.53. The molecule has 1 N–H and O–H groups in total. The normalized spacial score (nSPS) is 15.2. The summed E-state index contributed by atoms with van der Waals surface area (Å²) in [6.07, 6.45) is 6.40. The monoisotopic (exact) mass is 476 g/mol. The number of ether oxygens (including phenoxy) is 1. The number of benzene rings is 1. The first kappa shape index (κ1) is 23.8. The van der Waals surface area contributed by atoms with Crippen LogP contribution in [0.25, 0.3) is 6.08 Å². The maximum Gasteiger partial charge on any atom is 0.331 e. The molecule has 10 heteroatoms. The van der Waals surface area contributed by atoms with E-state index in [1.165, 1.54) is 33.9 Å². The zero-order valence-corrected chi connectivity index (χ0v) is 19.0. The van der Waals surface area contributed by atoms with Crippen LogP contribution in [0.3, 0.4) is 0 Å². The van der Waals surface area contributed by atoms with E-state index >= 15 is 0 Å². The first-order valence-corrected chi connectivity index (χ1v) is 12.5. The molecule has 1 saturated heterocycles. The summed E-state index contributed by atoms with van der Waals surface area (Å²) >= 11 is 1.19. The van der Waals surface area contributed by atoms with Gasteiger partial charge >= 0.3 is 5.97 Å². The number of sulfonamides is 1. The van der Waals surface area contributed by atoms with E-state index in [-0.39, 0.29) is 4.90 Å². The maximum atomic E-state index is 12.8. The number of hydrogen-bond donors (Lipinski definition) is 1. The molecule has 1 aromatic heterocycles. The number of amides is 2. The number of nitrogens with one attached hydrogen (secondary N) is 1. The quantitative estimate of drug-likeness (QED) is 0.486. The van der Waals surface area contributed by atoms with Gasteiger partial charge in [0.05, 0.1) is 9.77 Å². The minimum Gasteiger partial charge on any atom is -0.452 e. The molecule has 1 aromatic carbocycles. The number of esters is 1. The minimum absolute atomic E-state index is 0.214. The molecule has 170 valence electrons. The Morgan fingerprint density at radius 3 is 2.34 bits per heavy atom. The highest BCUT2D eigenvalue weighted by atomic mass is 32.2. The fourth-order valence-corrected chi connectivity index (χ4v) is 5.30. The van der Waals surface area contributed by atoms with Gasteiger partial charge in [-0.05, 0) is 48.1 Å². The SMILES string of the molecule is O=C(COC(=O)/C=C/c1ccc(S(=O)(=O)N2CCCCCC2)cc1)NC(=O)c1cccs1. The van der Waals surface area contributed by atoms with E-state index in [4.69, 9.17) is 4.74 Å². The molecule has 1 aliphatic heterocycles. The summed E-state index contributed by atoms with van der Waals surface area (Å²) in [5.41, 5.74) is 0.606. The highest BCUT2D eigenvalue weighted by molar-refractivity contribution is 7.89. The van der Waals surface area contributed by atoms with Gasteiger partial charge in [-0.25, -0.2) is 13.2 Å². The first-order valence-electron chi connectivity index (χ1n) is 10.2. The van der Waals surface area contributed by atoms with Crippen LogP contribution >= 0.6 is 11.3 Å². The number of thiophene rings is 1. The Bertz CT molecular complexity index is 1070. The molecule has 1 fully saturated rings. The molecule has 0 radical (unpaired) electrons. The van der Waals surface area contributed by atoms with Crippen molar-refractivity contribution in [1.82, 2.24) is 9.62 Å². The van der Waals surface area contributed by atoms with Crippen LogP contribution in [-0.2, 0) is 24.3 Å². The lowest BCUT2D eigenvalue weighted by atomic mass is 10.2. The van der Waals surface area contributed by atoms with E-state index in [0.29, 0.717) is 23.5 Å². The van der Waals surface area contributed by atoms with E-state index < -0.39 is 34.4 Å². The second kappa shape index (κ2) is 11.2. The Hall–Kier alpha value is -2.82. The van der Waals surface area contributed by atoms with E-state index in [2.05, 4.69) is 5.32 Å². The van der Waals surface area contributed by atoms with E-state index in [1.807, 2.05) is 0 Å². The summed E-state index contributed by atoms with van der Waals surface area (Å²) < 4.78 is 31.9. The van der Waals surface area contributed by atoms with Crippen molar-refractivity contribution in [2.24, 2.45) is 0 Å². The van der Waals surface area contributed by atoms with Crippen molar-refractivity contribution in [2.75, 3.05) is 19.7 Å². The van der Waals surface area contributed by atoms with Gasteiger partial charge in [-0.15, -0.1) is 11.3 Å². The van der Waals surface area contributed by atoms with Crippen LogP contribution in [0, 0.1) is 0 Å². The number of carbonyl (C=O) groups excluding carboxylic acids is 3. The molecule has 0 atom stereocenters. The van der Waals surface area contributed by atoms with E-state index in [1.54, 1.807) is 29.6 Å². The van der Waals surface area contributed by atoms with Crippen LogP contribution in [0.2, 0.25) is 0 Å². The van der Waals surface area contributed by atoms with Crippen molar-refractivity contribution in [2.45, 2.75) is 30.6 Å². The molecule has 2 aromatic rings. The molecule has 0 saturated carbocycles. The third kappa shape index (κ3) is 6.59. The van der Waals surface area contributed by atoms with Crippen LogP contribution in [0.5, 0.6) is 0 Å². The second-order valence-corrected chi connectivity index (χ2v) is 10.1. The Morgan fingerprint density at radius 1 is 1.03 bits per heavy atom. The van der Waals surface area contributed by atoms with E-state index in [0.717, 1.165) is 31.8 Å². The molecule has 0 unspecified atom stereocenters. The van der Waals surface area contributed by atoms with Gasteiger partial charge in [0.1, 0.15) is 0 Å². The predicted octanol–water partition coefficient (Wildman–Crippen LogP) is 2.83. The van der Waals surface area contributed by atoms with Gasteiger partial charge in [0.2, 0.25) is 10.0 Å². The third-order valence-corrected chi connectivity index (χ3v) is 7.62. The van der Waals surface area contributed by atoms with Crippen molar-refractivity contribution in [3.8, 4) is 0 Å². The molecular formula is C22H24N2O6S2. The van der Waals surface area contributed by atoms with E-state index in [9.17, 15) is 22.8 Å². The molecular weight excluding hydrogens is 452 g/mol. The van der Waals surface area contributed by atoms with Crippen LogP contribution in [-0.4, -0.2) is 50.2 Å². The zero-order chi connectivity index (χ0) is 23.0. The topological polar surface area (TPSA) is 110 Å². The molecule has 1 aliphatic rings. The Labute approximate surface area is 190 Å². The third-order valence-electron chi connectivity index (χ3n) is 4.84. The smallest absolute Gasteiger partial charge is 0.331 e. The van der Waals surface area contributed by atoms with Gasteiger partial charge in [-0.1, -0.05) is 31.0 Å². The zero-order valence-electron chi connectivity index (χ0n) is 17.4. The maximum absolute atomic E-state index is 12.8. The first-order chi connectivity index (χ1) is 15.4. The lowest BCUT2D eigenvalue weighted by Crippen LogP contribution is -2.33. The number of carbonyl (C=O) groups is 3. The molecule has 0 aliphatic carbocycles. The summed E-state index contributed by atoms with van der Waals surface area (Å²) in [5, 5.41) is 3.84. The predicted molar refractivity (Wildman–Crippen MR) is 120 cm³/mol. The van der Waals surface area contributed by atoms with Gasteiger partial charge in [0.25, 0.3) is 11.8 Å². The average molecular weight is 477 g/mol. The van der Waals surface area contributed by atoms with Gasteiger partial charge in [-0.2, -0.15) is 4.31 Å². The molecule has 2 amide bonds. The van der Waals surface area contributed by atoms with Crippen LogP contribution in [0.4, 0.5) is 0 Å². The fourth-order valence-electron chi connectivity index (χ4n) is 3.16. The van der Waals surface area contributed by atoms with Crippen LogP contribution in [0.1, 0.15) is 40.9 Å². The van der Waals surface area contributed by atoms with Crippen LogP contribution < -0.4 is 5.32 Å². The largest absolute Gasteiger partial charge is 0.452 e. The fraction of sp³-hybridized carbons (Fsp3) is 0.318. The Kier molecular flexibility index (Phi) is 8.32. The van der Waals surface area contributed by atoms with Crippen molar-refractivity contribution >= 4 is 45.2 Å². The van der Waals surface area contributed by atoms with Gasteiger partial charge in [0.15, 0.2) is 6.61 Å². The molecule has 0 spiro atoms. The van der Waals surface area contributed by atoms with Crippen molar-refractivity contribution in [3.05, 3.63) is 58.3 Å². The second-order valence-electron chi connectivity index (χ2n) is 7.18. The standard InChI is InChI=1S/C22H24N2O6S2/c25-20(23-22(27)19-6-5-15-31-19)16-30-21(26)12-9-17-7-10-18(11-8-17)32(28,29)24-13-3-1-2-4-14-24/h5-12,15H,1-4,13-14,16H2,(H,23,25,27)/b12-9+. The molecule has 8 nitrogen and oxygen atoms in total. The van der Waals surface area contributed by atoms with Crippen LogP contribution in [0.15, 0.2) is 52.7 Å². The molecule has 2 heterocycles. The average Bonchev–Trinajstić information content (AvgIpc) is 3.18. The number of imide groups is 1. The molecule has 3 rings (SSSR count). The number of hydrogen-bond acceptors (Lipinski definition) is 7. The highest BCUT2D eigenvalue weighted by Crippen LogP contribution is 2.21. The lowest BCUT2D eigenvalue weighted by Gasteiger charge is -2.19. The summed E-state index contributed by atoms with van der Waals surface area (Å²) in [7, 11) is -3.53. The lowest BCUT2D eigenvalue weighted by molar-refractivity contribution is -0.143. The summed E-state index contributed by atoms with van der Waals surface area (Å²) in [6.45, 7) is 0.470. The number of nitrogens with zero attached hydrogens (tertiary/aromatic N) is 1. The molecule has 0 bridgehead atoms. The Balaban J connectivity index is 1.50. The number of rotatable bonds is 7. The van der Waals surface area contributed by atoms with Gasteiger partial charge in [0, 0.05) is 19.2 Å². The highest BCUT2D eigenvalue weighted by Gasteiger charge is 2.24. The molecule has 32 heavy (non-hydrogen) atoms. The van der Waals surface area contributed by atoms with Gasteiger partial charge < -0.3 is 4.74 Å². The summed E-state index contributed by atoms with van der Waals surface area (Å²) in [4.78, 5) is 35.9. The Morgan fingerprint density at radius 2 is 1.72 bits per heavy atom. The van der Waals surface area contributed by atoms with Crippen molar-refractivity contribution < 1.29 is 27.5 Å².